The number of ether oxygens (including phenoxy) is 2. The third kappa shape index (κ3) is 4.00. The quantitative estimate of drug-likeness (QED) is 0.656. The van der Waals surface area contributed by atoms with Crippen LogP contribution >= 0.6 is 0 Å². The molecule has 2 N–H and O–H groups in total. The molecule has 0 unspecified atom stereocenters. The van der Waals surface area contributed by atoms with Gasteiger partial charge in [-0.05, 0) is 55.9 Å². The van der Waals surface area contributed by atoms with Gasteiger partial charge in [0.1, 0.15) is 13.2 Å². The number of hydrogen-bond donors (Lipinski definition) is 2. The van der Waals surface area contributed by atoms with Crippen LogP contribution in [0.3, 0.4) is 0 Å². The third-order valence-electron chi connectivity index (χ3n) is 6.36. The number of carbonyl (C=O) groups is 1. The second-order valence-electron chi connectivity index (χ2n) is 8.46. The first-order valence-electron chi connectivity index (χ1n) is 11.0. The number of carbonyl (C=O) groups excluding carboxylic acids is 1. The van der Waals surface area contributed by atoms with Crippen LogP contribution in [0.15, 0.2) is 52.1 Å². The van der Waals surface area contributed by atoms with Gasteiger partial charge >= 0.3 is 5.69 Å². The number of aromatic nitrogens is 2. The lowest BCUT2D eigenvalue weighted by atomic mass is 9.81. The molecule has 0 radical (unpaired) electrons. The fraction of sp³-hybridized carbons (Fsp3) is 0.375. The average molecular weight is 435 g/mol. The highest BCUT2D eigenvalue weighted by molar-refractivity contribution is 5.93. The van der Waals surface area contributed by atoms with Crippen molar-refractivity contribution >= 4 is 22.5 Å². The monoisotopic (exact) mass is 435 g/mol. The van der Waals surface area contributed by atoms with Crippen molar-refractivity contribution in [2.75, 3.05) is 18.5 Å². The predicted octanol–water partition coefficient (Wildman–Crippen LogP) is 2.91. The van der Waals surface area contributed by atoms with E-state index in [-0.39, 0.29) is 29.0 Å². The Morgan fingerprint density at radius 3 is 2.56 bits per heavy atom. The molecule has 1 aromatic heterocycles. The number of para-hydroxylation sites is 1. The molecule has 0 spiro atoms. The lowest BCUT2D eigenvalue weighted by Crippen LogP contribution is -2.38. The van der Waals surface area contributed by atoms with Gasteiger partial charge in [0, 0.05) is 24.2 Å². The highest BCUT2D eigenvalue weighted by Gasteiger charge is 2.27. The van der Waals surface area contributed by atoms with E-state index in [1.807, 2.05) is 6.07 Å². The molecule has 0 atom stereocenters. The van der Waals surface area contributed by atoms with E-state index in [1.54, 1.807) is 36.4 Å². The number of benzene rings is 2. The zero-order valence-corrected chi connectivity index (χ0v) is 17.6. The van der Waals surface area contributed by atoms with Gasteiger partial charge in [0.05, 0.1) is 10.9 Å². The Kier molecular flexibility index (Phi) is 5.43. The summed E-state index contributed by atoms with van der Waals surface area (Å²) < 4.78 is 12.4. The van der Waals surface area contributed by atoms with Crippen molar-refractivity contribution in [1.29, 1.82) is 0 Å². The van der Waals surface area contributed by atoms with E-state index in [0.717, 1.165) is 25.7 Å². The zero-order valence-electron chi connectivity index (χ0n) is 17.6. The molecule has 1 aliphatic carbocycles. The maximum atomic E-state index is 12.8. The van der Waals surface area contributed by atoms with Crippen LogP contribution in [0.5, 0.6) is 11.5 Å². The van der Waals surface area contributed by atoms with Gasteiger partial charge in [0.15, 0.2) is 11.5 Å². The van der Waals surface area contributed by atoms with Crippen LogP contribution in [0.1, 0.15) is 25.7 Å². The number of nitrogens with zero attached hydrogens (tertiary/aromatic N) is 1. The fourth-order valence-corrected chi connectivity index (χ4v) is 4.60. The van der Waals surface area contributed by atoms with E-state index >= 15 is 0 Å². The Morgan fingerprint density at radius 2 is 1.75 bits per heavy atom. The topological polar surface area (TPSA) is 102 Å². The number of aromatic amines is 1. The van der Waals surface area contributed by atoms with Gasteiger partial charge in [-0.2, -0.15) is 0 Å². The minimum atomic E-state index is -0.382. The maximum Gasteiger partial charge on any atom is 0.328 e. The van der Waals surface area contributed by atoms with Crippen molar-refractivity contribution in [1.82, 2.24) is 9.55 Å². The second kappa shape index (κ2) is 8.53. The lowest BCUT2D eigenvalue weighted by molar-refractivity contribution is -0.121. The molecule has 0 saturated heterocycles. The van der Waals surface area contributed by atoms with E-state index in [0.29, 0.717) is 47.8 Å². The first kappa shape index (κ1) is 20.4. The third-order valence-corrected chi connectivity index (χ3v) is 6.36. The molecule has 2 heterocycles. The Labute approximate surface area is 184 Å². The highest BCUT2D eigenvalue weighted by Crippen LogP contribution is 2.34. The van der Waals surface area contributed by atoms with Crippen molar-refractivity contribution in [2.45, 2.75) is 32.2 Å². The molecule has 1 fully saturated rings. The molecule has 8 heteroatoms. The molecule has 3 aromatic rings. The molecule has 2 aliphatic rings. The Balaban J connectivity index is 1.21. The zero-order chi connectivity index (χ0) is 22.1. The summed E-state index contributed by atoms with van der Waals surface area (Å²) in [5.74, 6) is 1.41. The van der Waals surface area contributed by atoms with Crippen LogP contribution in [0, 0.1) is 11.8 Å². The summed E-state index contributed by atoms with van der Waals surface area (Å²) in [5.41, 5.74) is 0.601. The minimum Gasteiger partial charge on any atom is -0.486 e. The standard InChI is InChI=1S/C24H25N3O5/c28-22(25-17-9-10-20-21(13-17)32-12-11-31-20)16-7-5-15(6-8-16)14-27-23(29)18-3-1-2-4-19(18)26-24(27)30/h1-4,9-10,13,15-16H,5-8,11-12,14H2,(H,25,28)(H,26,30). The summed E-state index contributed by atoms with van der Waals surface area (Å²) in [7, 11) is 0. The smallest absolute Gasteiger partial charge is 0.328 e. The summed E-state index contributed by atoms with van der Waals surface area (Å²) in [6.07, 6.45) is 3.03. The molecule has 0 bridgehead atoms. The number of rotatable bonds is 4. The van der Waals surface area contributed by atoms with Gasteiger partial charge in [-0.25, -0.2) is 4.79 Å². The van der Waals surface area contributed by atoms with Crippen LogP contribution in [-0.2, 0) is 11.3 Å². The van der Waals surface area contributed by atoms with Gasteiger partial charge in [0.2, 0.25) is 5.91 Å². The van der Waals surface area contributed by atoms with Crippen molar-refractivity contribution in [3.05, 3.63) is 63.3 Å². The molecule has 2 aromatic carbocycles. The van der Waals surface area contributed by atoms with Gasteiger partial charge in [0.25, 0.3) is 5.56 Å². The van der Waals surface area contributed by atoms with Crippen LogP contribution < -0.4 is 26.0 Å². The van der Waals surface area contributed by atoms with E-state index in [9.17, 15) is 14.4 Å². The van der Waals surface area contributed by atoms with Gasteiger partial charge in [-0.1, -0.05) is 12.1 Å². The maximum absolute atomic E-state index is 12.8. The molecule has 8 nitrogen and oxygen atoms in total. The van der Waals surface area contributed by atoms with Crippen molar-refractivity contribution in [2.24, 2.45) is 11.8 Å². The first-order chi connectivity index (χ1) is 15.6. The van der Waals surface area contributed by atoms with E-state index in [1.165, 1.54) is 4.57 Å². The molecule has 1 saturated carbocycles. The molecule has 5 rings (SSSR count). The number of nitrogens with one attached hydrogen (secondary N) is 2. The largest absolute Gasteiger partial charge is 0.486 e. The Morgan fingerprint density at radius 1 is 1.00 bits per heavy atom. The predicted molar refractivity (Wildman–Crippen MR) is 120 cm³/mol. The van der Waals surface area contributed by atoms with Crippen molar-refractivity contribution < 1.29 is 14.3 Å². The summed E-state index contributed by atoms with van der Waals surface area (Å²) in [6.45, 7) is 1.40. The highest BCUT2D eigenvalue weighted by atomic mass is 16.6. The Hall–Kier alpha value is -3.55. The first-order valence-corrected chi connectivity index (χ1v) is 11.0. The normalized spacial score (nSPS) is 20.1. The molecule has 1 amide bonds. The van der Waals surface area contributed by atoms with E-state index < -0.39 is 0 Å². The van der Waals surface area contributed by atoms with Crippen LogP contribution in [0.25, 0.3) is 10.9 Å². The van der Waals surface area contributed by atoms with E-state index in [2.05, 4.69) is 10.3 Å². The summed E-state index contributed by atoms with van der Waals surface area (Å²) in [6, 6.07) is 12.4. The summed E-state index contributed by atoms with van der Waals surface area (Å²) in [4.78, 5) is 40.7. The van der Waals surface area contributed by atoms with E-state index in [4.69, 9.17) is 9.47 Å². The molecule has 32 heavy (non-hydrogen) atoms. The average Bonchev–Trinajstić information content (AvgIpc) is 2.82. The minimum absolute atomic E-state index is 0.0131. The van der Waals surface area contributed by atoms with Crippen molar-refractivity contribution in [3.63, 3.8) is 0 Å². The summed E-state index contributed by atoms with van der Waals surface area (Å²) in [5, 5.41) is 3.49. The Bertz CT molecular complexity index is 1270. The lowest BCUT2D eigenvalue weighted by Gasteiger charge is -2.28. The van der Waals surface area contributed by atoms with Crippen LogP contribution in [-0.4, -0.2) is 28.7 Å². The molecule has 166 valence electrons. The number of hydrogen-bond acceptors (Lipinski definition) is 5. The molecular weight excluding hydrogens is 410 g/mol. The van der Waals surface area contributed by atoms with Gasteiger partial charge in [-0.3, -0.25) is 14.2 Å². The number of anilines is 1. The van der Waals surface area contributed by atoms with Gasteiger partial charge < -0.3 is 19.8 Å². The fourth-order valence-electron chi connectivity index (χ4n) is 4.60. The number of amides is 1. The molecular formula is C24H25N3O5. The second-order valence-corrected chi connectivity index (χ2v) is 8.46. The number of H-pyrrole nitrogens is 1. The van der Waals surface area contributed by atoms with Crippen LogP contribution in [0.4, 0.5) is 5.69 Å². The summed E-state index contributed by atoms with van der Waals surface area (Å²) >= 11 is 0. The van der Waals surface area contributed by atoms with Crippen molar-refractivity contribution in [3.8, 4) is 11.5 Å². The van der Waals surface area contributed by atoms with Gasteiger partial charge in [-0.15, -0.1) is 0 Å². The molecule has 1 aliphatic heterocycles. The SMILES string of the molecule is O=C(Nc1ccc2c(c1)OCCO2)C1CCC(Cn2c(=O)[nH]c3ccccc3c2=O)CC1. The van der Waals surface area contributed by atoms with Crippen LogP contribution in [0.2, 0.25) is 0 Å². The number of fused-ring (bicyclic) bond motifs is 2.